The lowest BCUT2D eigenvalue weighted by Gasteiger charge is -2.21. The minimum atomic E-state index is -1.08. The first-order valence-electron chi connectivity index (χ1n) is 10.9. The number of aliphatic hydroxyl groups excluding tert-OH is 1. The molecule has 2 aromatic carbocycles. The van der Waals surface area contributed by atoms with E-state index in [2.05, 4.69) is 9.97 Å². The molecule has 10 heteroatoms. The molecular weight excluding hydrogens is 486 g/mol. The van der Waals surface area contributed by atoms with Crippen LogP contribution < -0.4 is 9.64 Å². The number of rotatable bonds is 5. The summed E-state index contributed by atoms with van der Waals surface area (Å²) in [5, 5.41) is 11.9. The lowest BCUT2D eigenvalue weighted by molar-refractivity contribution is -0.117. The first-order chi connectivity index (χ1) is 17.4. The first kappa shape index (κ1) is 22.0. The van der Waals surface area contributed by atoms with Gasteiger partial charge in [0.1, 0.15) is 11.8 Å². The quantitative estimate of drug-likeness (QED) is 0.297. The van der Waals surface area contributed by atoms with Gasteiger partial charge in [-0.25, -0.2) is 4.98 Å². The van der Waals surface area contributed by atoms with Crippen molar-refractivity contribution in [3.05, 3.63) is 88.2 Å². The Balaban J connectivity index is 1.49. The average Bonchev–Trinajstić information content (AvgIpc) is 3.63. The van der Waals surface area contributed by atoms with E-state index < -0.39 is 23.5 Å². The number of furan rings is 2. The van der Waals surface area contributed by atoms with E-state index in [1.165, 1.54) is 24.3 Å². The molecule has 0 saturated carbocycles. The number of methoxy groups -OCH3 is 1. The molecule has 36 heavy (non-hydrogen) atoms. The molecule has 0 bridgehead atoms. The van der Waals surface area contributed by atoms with Crippen LogP contribution in [0.4, 0.5) is 5.95 Å². The van der Waals surface area contributed by atoms with Gasteiger partial charge >= 0.3 is 0 Å². The third-order valence-corrected chi connectivity index (χ3v) is 6.33. The fraction of sp³-hybridized carbons (Fsp3) is 0.115. The number of fused-ring (bicyclic) bond motifs is 2. The predicted octanol–water partition coefficient (Wildman–Crippen LogP) is 5.66. The molecule has 0 spiro atoms. The molecule has 1 atom stereocenters. The Morgan fingerprint density at radius 2 is 2.06 bits per heavy atom. The highest BCUT2D eigenvalue weighted by Gasteiger charge is 2.48. The molecule has 1 aliphatic heterocycles. The van der Waals surface area contributed by atoms with Crippen LogP contribution in [0.25, 0.3) is 22.0 Å². The summed E-state index contributed by atoms with van der Waals surface area (Å²) in [6.07, 6.45) is 1.42. The number of aromatic amines is 1. The zero-order valence-electron chi connectivity index (χ0n) is 19.0. The normalized spacial score (nSPS) is 16.0. The Morgan fingerprint density at radius 3 is 2.81 bits per heavy atom. The Bertz CT molecular complexity index is 1710. The van der Waals surface area contributed by atoms with Crippen molar-refractivity contribution >= 4 is 51.2 Å². The number of amides is 1. The molecule has 5 aromatic rings. The van der Waals surface area contributed by atoms with Crippen molar-refractivity contribution in [3.63, 3.8) is 0 Å². The van der Waals surface area contributed by atoms with Crippen LogP contribution in [0.5, 0.6) is 5.75 Å². The summed E-state index contributed by atoms with van der Waals surface area (Å²) in [5.41, 5.74) is 2.45. The van der Waals surface area contributed by atoms with Crippen molar-refractivity contribution in [2.24, 2.45) is 0 Å². The molecule has 3 aromatic heterocycles. The molecule has 0 aliphatic carbocycles. The molecule has 1 aliphatic rings. The van der Waals surface area contributed by atoms with Crippen LogP contribution in [-0.4, -0.2) is 33.9 Å². The first-order valence-corrected chi connectivity index (χ1v) is 11.3. The molecule has 1 unspecified atom stereocenters. The van der Waals surface area contributed by atoms with Crippen LogP contribution in [0.2, 0.25) is 5.02 Å². The number of H-pyrrole nitrogens is 1. The predicted molar refractivity (Wildman–Crippen MR) is 132 cm³/mol. The minimum Gasteiger partial charge on any atom is -0.503 e. The van der Waals surface area contributed by atoms with E-state index in [4.69, 9.17) is 25.2 Å². The zero-order chi connectivity index (χ0) is 25.1. The molecule has 9 nitrogen and oxygen atoms in total. The number of carbonyl (C=O) groups is 2. The van der Waals surface area contributed by atoms with E-state index in [1.807, 2.05) is 25.1 Å². The van der Waals surface area contributed by atoms with Gasteiger partial charge in [0.2, 0.25) is 11.7 Å². The summed E-state index contributed by atoms with van der Waals surface area (Å²) in [7, 11) is 1.46. The number of carbonyl (C=O) groups excluding carboxylic acids is 2. The second-order valence-electron chi connectivity index (χ2n) is 8.40. The van der Waals surface area contributed by atoms with Crippen LogP contribution in [0.1, 0.15) is 27.9 Å². The number of benzene rings is 2. The number of aryl methyl sites for hydroxylation is 1. The van der Waals surface area contributed by atoms with Crippen LogP contribution in [-0.2, 0) is 4.79 Å². The van der Waals surface area contributed by atoms with Crippen LogP contribution in [0, 0.1) is 6.92 Å². The van der Waals surface area contributed by atoms with E-state index in [1.54, 1.807) is 24.3 Å². The number of aliphatic hydroxyl groups is 1. The minimum absolute atomic E-state index is 0.0986. The maximum Gasteiger partial charge on any atom is 0.296 e. The number of Topliss-reactive ketones (excluding diaryl/α,β-unsaturated/α-hetero) is 1. The fourth-order valence-electron chi connectivity index (χ4n) is 4.48. The smallest absolute Gasteiger partial charge is 0.296 e. The van der Waals surface area contributed by atoms with Gasteiger partial charge in [0.05, 0.1) is 30.0 Å². The van der Waals surface area contributed by atoms with Gasteiger partial charge in [-0.3, -0.25) is 14.5 Å². The monoisotopic (exact) mass is 503 g/mol. The average molecular weight is 504 g/mol. The van der Waals surface area contributed by atoms with Crippen LogP contribution in [0.3, 0.4) is 0 Å². The molecule has 180 valence electrons. The maximum atomic E-state index is 13.7. The fourth-order valence-corrected chi connectivity index (χ4v) is 4.69. The van der Waals surface area contributed by atoms with E-state index in [9.17, 15) is 14.7 Å². The molecule has 4 heterocycles. The third kappa shape index (κ3) is 3.28. The molecule has 6 rings (SSSR count). The van der Waals surface area contributed by atoms with Gasteiger partial charge in [0, 0.05) is 16.5 Å². The zero-order valence-corrected chi connectivity index (χ0v) is 19.8. The van der Waals surface area contributed by atoms with Gasteiger partial charge in [-0.2, -0.15) is 0 Å². The second kappa shape index (κ2) is 8.03. The van der Waals surface area contributed by atoms with Gasteiger partial charge < -0.3 is 23.7 Å². The second-order valence-corrected chi connectivity index (χ2v) is 8.84. The summed E-state index contributed by atoms with van der Waals surface area (Å²) in [6, 6.07) is 12.4. The van der Waals surface area contributed by atoms with Crippen LogP contribution >= 0.6 is 11.6 Å². The van der Waals surface area contributed by atoms with Crippen molar-refractivity contribution in [1.29, 1.82) is 0 Å². The Hall–Kier alpha value is -4.50. The van der Waals surface area contributed by atoms with Gasteiger partial charge in [0.15, 0.2) is 22.9 Å². The van der Waals surface area contributed by atoms with Gasteiger partial charge in [0.25, 0.3) is 5.91 Å². The van der Waals surface area contributed by atoms with Crippen LogP contribution in [0.15, 0.2) is 75.0 Å². The van der Waals surface area contributed by atoms with Gasteiger partial charge in [-0.05, 0) is 48.9 Å². The highest BCUT2D eigenvalue weighted by atomic mass is 35.5. The molecule has 0 saturated heterocycles. The molecule has 0 radical (unpaired) electrons. The van der Waals surface area contributed by atoms with Crippen molar-refractivity contribution < 1.29 is 28.3 Å². The number of anilines is 1. The summed E-state index contributed by atoms with van der Waals surface area (Å²) in [5.74, 6) is -1.53. The largest absolute Gasteiger partial charge is 0.503 e. The lowest BCUT2D eigenvalue weighted by atomic mass is 9.99. The summed E-state index contributed by atoms with van der Waals surface area (Å²) in [6.45, 7) is 1.94. The Morgan fingerprint density at radius 1 is 1.22 bits per heavy atom. The number of ketones is 1. The number of aromatic nitrogens is 2. The lowest BCUT2D eigenvalue weighted by Crippen LogP contribution is -2.31. The SMILES string of the molecule is COc1cc(Cl)cc2cc(C(=O)C3=C(O)C(=O)N(c4nc5ccc(C)cc5[nH]4)C3c3ccco3)oc12. The van der Waals surface area contributed by atoms with Crippen molar-refractivity contribution in [2.45, 2.75) is 13.0 Å². The number of nitrogens with one attached hydrogen (secondary N) is 1. The number of imidazole rings is 1. The Labute approximate surface area is 208 Å². The van der Waals surface area contributed by atoms with Crippen molar-refractivity contribution in [2.75, 3.05) is 12.0 Å². The molecule has 2 N–H and O–H groups in total. The molecular formula is C26H18ClN3O6. The Kier molecular flexibility index (Phi) is 4.90. The number of hydrogen-bond acceptors (Lipinski definition) is 7. The van der Waals surface area contributed by atoms with E-state index >= 15 is 0 Å². The highest BCUT2D eigenvalue weighted by Crippen LogP contribution is 2.42. The summed E-state index contributed by atoms with van der Waals surface area (Å²) in [4.78, 5) is 35.9. The van der Waals surface area contributed by atoms with Gasteiger partial charge in [-0.15, -0.1) is 0 Å². The number of nitrogens with zero attached hydrogens (tertiary/aromatic N) is 2. The van der Waals surface area contributed by atoms with Gasteiger partial charge in [-0.1, -0.05) is 17.7 Å². The van der Waals surface area contributed by atoms with Crippen molar-refractivity contribution in [1.82, 2.24) is 9.97 Å². The van der Waals surface area contributed by atoms with Crippen molar-refractivity contribution in [3.8, 4) is 5.75 Å². The molecule has 0 fully saturated rings. The van der Waals surface area contributed by atoms with E-state index in [0.717, 1.165) is 5.56 Å². The number of halogens is 1. The number of hydrogen-bond donors (Lipinski definition) is 2. The van der Waals surface area contributed by atoms with E-state index in [-0.39, 0.29) is 23.0 Å². The maximum absolute atomic E-state index is 13.7. The highest BCUT2D eigenvalue weighted by molar-refractivity contribution is 6.31. The number of ether oxygens (including phenoxy) is 1. The summed E-state index contributed by atoms with van der Waals surface area (Å²) >= 11 is 6.15. The topological polar surface area (TPSA) is 122 Å². The molecule has 1 amide bonds. The summed E-state index contributed by atoms with van der Waals surface area (Å²) < 4.78 is 16.7. The third-order valence-electron chi connectivity index (χ3n) is 6.11. The van der Waals surface area contributed by atoms with E-state index in [0.29, 0.717) is 32.8 Å². The standard InChI is InChI=1S/C26H18ClN3O6/c1-12-5-6-15-16(8-12)29-26(28-15)30-21(17-4-3-7-35-17)20(23(32)25(30)33)22(31)18-10-13-9-14(27)11-19(34-2)24(13)36-18/h3-11,21,32H,1-2H3,(H,28,29).